The Labute approximate surface area is 224 Å². The van der Waals surface area contributed by atoms with E-state index in [0.717, 1.165) is 22.9 Å². The molecule has 8 nitrogen and oxygen atoms in total. The van der Waals surface area contributed by atoms with Gasteiger partial charge in [-0.3, -0.25) is 9.78 Å². The normalized spacial score (nSPS) is 17.0. The molecule has 196 valence electrons. The first-order valence-electron chi connectivity index (χ1n) is 11.8. The number of ether oxygens (including phenoxy) is 1. The molecule has 4 N–H and O–H groups in total. The lowest BCUT2D eigenvalue weighted by Crippen LogP contribution is -2.50. The molecule has 11 heteroatoms. The van der Waals surface area contributed by atoms with Gasteiger partial charge in [-0.1, -0.05) is 41.9 Å². The maximum Gasteiger partial charge on any atom is 0.240 e. The van der Waals surface area contributed by atoms with E-state index in [-0.39, 0.29) is 19.0 Å². The number of rotatable bonds is 7. The number of sulfonamides is 1. The van der Waals surface area contributed by atoms with E-state index >= 15 is 0 Å². The number of hydrogen-bond acceptors (Lipinski definition) is 6. The maximum absolute atomic E-state index is 14.4. The Morgan fingerprint density at radius 3 is 2.74 bits per heavy atom. The van der Waals surface area contributed by atoms with Crippen molar-refractivity contribution in [3.8, 4) is 5.75 Å². The Balaban J connectivity index is 1.46. The summed E-state index contributed by atoms with van der Waals surface area (Å²) in [6.07, 6.45) is 3.69. The highest BCUT2D eigenvalue weighted by Gasteiger charge is 2.44. The molecule has 0 unspecified atom stereocenters. The largest absolute Gasteiger partial charge is 0.493 e. The van der Waals surface area contributed by atoms with Crippen LogP contribution in [0.15, 0.2) is 78.0 Å². The first-order valence-corrected chi connectivity index (χ1v) is 13.7. The van der Waals surface area contributed by atoms with Crippen LogP contribution >= 0.6 is 11.6 Å². The van der Waals surface area contributed by atoms with Gasteiger partial charge in [0.25, 0.3) is 0 Å². The molecular formula is C27H24ClFN4O4S. The number of nitrogens with one attached hydrogen (secondary N) is 2. The van der Waals surface area contributed by atoms with Gasteiger partial charge in [-0.15, -0.1) is 0 Å². The number of nitrogens with two attached hydrogens (primary N) is 1. The molecule has 3 aromatic carbocycles. The second-order valence-corrected chi connectivity index (χ2v) is 11.1. The third kappa shape index (κ3) is 5.08. The summed E-state index contributed by atoms with van der Waals surface area (Å²) in [5.74, 6) is -0.658. The Morgan fingerprint density at radius 1 is 1.13 bits per heavy atom. The number of primary sulfonamides is 1. The molecule has 5 rings (SSSR count). The van der Waals surface area contributed by atoms with Crippen LogP contribution in [0.25, 0.3) is 10.8 Å². The topological polar surface area (TPSA) is 123 Å². The van der Waals surface area contributed by atoms with Crippen molar-refractivity contribution >= 4 is 44.0 Å². The lowest BCUT2D eigenvalue weighted by molar-refractivity contribution is -0.122. The number of carbonyl (C=O) groups is 1. The number of hydrogen-bond donors (Lipinski definition) is 3. The summed E-state index contributed by atoms with van der Waals surface area (Å²) in [6.45, 7) is 0.644. The van der Waals surface area contributed by atoms with Gasteiger partial charge in [0.2, 0.25) is 15.9 Å². The van der Waals surface area contributed by atoms with E-state index in [2.05, 4.69) is 15.6 Å². The Kier molecular flexibility index (Phi) is 7.06. The van der Waals surface area contributed by atoms with Gasteiger partial charge in [0.15, 0.2) is 0 Å². The van der Waals surface area contributed by atoms with Gasteiger partial charge in [0.1, 0.15) is 16.5 Å². The molecular weight excluding hydrogens is 531 g/mol. The van der Waals surface area contributed by atoms with Gasteiger partial charge < -0.3 is 15.4 Å². The van der Waals surface area contributed by atoms with E-state index in [0.29, 0.717) is 40.6 Å². The van der Waals surface area contributed by atoms with E-state index in [9.17, 15) is 17.6 Å². The zero-order chi connectivity index (χ0) is 26.9. The summed E-state index contributed by atoms with van der Waals surface area (Å²) in [4.78, 5) is 17.7. The monoisotopic (exact) mass is 554 g/mol. The van der Waals surface area contributed by atoms with E-state index in [4.69, 9.17) is 21.5 Å². The number of carbonyl (C=O) groups excluding carboxylic acids is 1. The number of fused-ring (bicyclic) bond motifs is 2. The average Bonchev–Trinajstić information content (AvgIpc) is 2.88. The number of anilines is 1. The molecule has 38 heavy (non-hydrogen) atoms. The predicted molar refractivity (Wildman–Crippen MR) is 143 cm³/mol. The van der Waals surface area contributed by atoms with Crippen LogP contribution in [-0.2, 0) is 26.8 Å². The number of halogens is 2. The summed E-state index contributed by atoms with van der Waals surface area (Å²) >= 11 is 6.33. The van der Waals surface area contributed by atoms with E-state index in [1.165, 1.54) is 6.07 Å². The second-order valence-electron chi connectivity index (χ2n) is 9.10. The lowest BCUT2D eigenvalue weighted by atomic mass is 9.74. The van der Waals surface area contributed by atoms with Gasteiger partial charge in [-0.05, 0) is 35.9 Å². The van der Waals surface area contributed by atoms with Crippen molar-refractivity contribution in [2.24, 2.45) is 5.14 Å². The van der Waals surface area contributed by atoms with Crippen molar-refractivity contribution in [1.82, 2.24) is 10.3 Å². The van der Waals surface area contributed by atoms with Crippen molar-refractivity contribution < 1.29 is 22.3 Å². The Hall–Kier alpha value is -3.57. The van der Waals surface area contributed by atoms with Crippen LogP contribution in [0.1, 0.15) is 17.5 Å². The third-order valence-electron chi connectivity index (χ3n) is 6.65. The molecule has 0 aliphatic carbocycles. The number of amides is 1. The van der Waals surface area contributed by atoms with Crippen LogP contribution in [0.5, 0.6) is 5.75 Å². The van der Waals surface area contributed by atoms with Gasteiger partial charge in [-0.25, -0.2) is 17.9 Å². The van der Waals surface area contributed by atoms with Gasteiger partial charge in [0, 0.05) is 47.1 Å². The van der Waals surface area contributed by atoms with Crippen molar-refractivity contribution in [2.45, 2.75) is 23.3 Å². The number of aromatic nitrogens is 1. The van der Waals surface area contributed by atoms with E-state index < -0.39 is 26.2 Å². The van der Waals surface area contributed by atoms with Gasteiger partial charge >= 0.3 is 0 Å². The summed E-state index contributed by atoms with van der Waals surface area (Å²) in [5, 5.41) is 13.5. The molecule has 0 bridgehead atoms. The Morgan fingerprint density at radius 2 is 1.95 bits per heavy atom. The highest BCUT2D eigenvalue weighted by Crippen LogP contribution is 2.41. The minimum atomic E-state index is -4.17. The van der Waals surface area contributed by atoms with Crippen LogP contribution in [0.3, 0.4) is 0 Å². The molecule has 1 aromatic heterocycles. The molecule has 0 saturated carbocycles. The second kappa shape index (κ2) is 10.3. The molecule has 1 aliphatic heterocycles. The fraction of sp³-hybridized carbons (Fsp3) is 0.185. The molecule has 0 spiro atoms. The fourth-order valence-corrected chi connectivity index (χ4v) is 5.50. The molecule has 4 aromatic rings. The first kappa shape index (κ1) is 26.1. The van der Waals surface area contributed by atoms with E-state index in [1.807, 2.05) is 24.3 Å². The molecule has 1 atom stereocenters. The molecule has 0 radical (unpaired) electrons. The fourth-order valence-electron chi connectivity index (χ4n) is 4.74. The van der Waals surface area contributed by atoms with Crippen molar-refractivity contribution in [2.75, 3.05) is 18.5 Å². The van der Waals surface area contributed by atoms with Gasteiger partial charge in [-0.2, -0.15) is 0 Å². The first-order chi connectivity index (χ1) is 18.2. The minimum Gasteiger partial charge on any atom is -0.493 e. The SMILES string of the molecule is NS(=O)(=O)c1ccc(CNC[C@]2(C(=O)Nc3cncc4ccccc34)CCOc3ccc(Cl)cc32)cc1F. The third-order valence-corrected chi connectivity index (χ3v) is 7.83. The zero-order valence-electron chi connectivity index (χ0n) is 20.1. The standard InChI is InChI=1S/C27H24ClFN4O4S/c28-19-6-7-24-21(12-19)27(9-10-37-24,16-32-13-17-5-8-25(22(29)11-17)38(30,35)36)26(34)33-23-15-31-14-18-3-1-2-4-20(18)23/h1-8,11-12,14-15,32H,9-10,13,16H2,(H,33,34)(H2,30,35,36)/t27-/m1/s1. The van der Waals surface area contributed by atoms with Crippen LogP contribution in [-0.4, -0.2) is 32.5 Å². The molecule has 1 amide bonds. The average molecular weight is 555 g/mol. The summed E-state index contributed by atoms with van der Waals surface area (Å²) in [5.41, 5.74) is 0.615. The zero-order valence-corrected chi connectivity index (χ0v) is 21.7. The summed E-state index contributed by atoms with van der Waals surface area (Å²) in [6, 6.07) is 16.5. The number of nitrogens with zero attached hydrogens (tertiary/aromatic N) is 1. The molecule has 1 aliphatic rings. The van der Waals surface area contributed by atoms with Gasteiger partial charge in [0.05, 0.1) is 23.9 Å². The van der Waals surface area contributed by atoms with Crippen molar-refractivity contribution in [3.05, 3.63) is 95.0 Å². The van der Waals surface area contributed by atoms with Crippen molar-refractivity contribution in [1.29, 1.82) is 0 Å². The molecule has 0 fully saturated rings. The Bertz CT molecular complexity index is 1640. The molecule has 2 heterocycles. The van der Waals surface area contributed by atoms with Crippen molar-refractivity contribution in [3.63, 3.8) is 0 Å². The van der Waals surface area contributed by atoms with Crippen LogP contribution in [0, 0.1) is 5.82 Å². The van der Waals surface area contributed by atoms with Crippen LogP contribution in [0.4, 0.5) is 10.1 Å². The maximum atomic E-state index is 14.4. The summed E-state index contributed by atoms with van der Waals surface area (Å²) < 4.78 is 43.2. The smallest absolute Gasteiger partial charge is 0.240 e. The number of pyridine rings is 1. The molecule has 0 saturated heterocycles. The summed E-state index contributed by atoms with van der Waals surface area (Å²) in [7, 11) is -4.17. The predicted octanol–water partition coefficient (Wildman–Crippen LogP) is 4.12. The quantitative estimate of drug-likeness (QED) is 0.316. The lowest BCUT2D eigenvalue weighted by Gasteiger charge is -2.38. The number of benzene rings is 3. The highest BCUT2D eigenvalue weighted by atomic mass is 35.5. The van der Waals surface area contributed by atoms with Crippen LogP contribution < -0.4 is 20.5 Å². The van der Waals surface area contributed by atoms with Crippen LogP contribution in [0.2, 0.25) is 5.02 Å². The minimum absolute atomic E-state index is 0.170. The van der Waals surface area contributed by atoms with E-state index in [1.54, 1.807) is 30.6 Å². The highest BCUT2D eigenvalue weighted by molar-refractivity contribution is 7.89.